The van der Waals surface area contributed by atoms with E-state index in [1.54, 1.807) is 0 Å². The molecule has 4 bridgehead atoms. The molecule has 2 fully saturated rings. The molecule has 2 aliphatic carbocycles. The van der Waals surface area contributed by atoms with Crippen molar-refractivity contribution in [3.63, 3.8) is 0 Å². The summed E-state index contributed by atoms with van der Waals surface area (Å²) in [6.45, 7) is 1.08. The summed E-state index contributed by atoms with van der Waals surface area (Å²) in [7, 11) is 0.122. The first-order valence-electron chi connectivity index (χ1n) is 7.68. The second-order valence-electron chi connectivity index (χ2n) is 6.63. The van der Waals surface area contributed by atoms with E-state index in [-0.39, 0.29) is 7.92 Å². The van der Waals surface area contributed by atoms with Crippen molar-refractivity contribution in [3.8, 4) is 0 Å². The van der Waals surface area contributed by atoms with Crippen LogP contribution in [0.1, 0.15) is 12.8 Å². The molecule has 0 N–H and O–H groups in total. The Bertz CT molecular complexity index is 419. The van der Waals surface area contributed by atoms with Gasteiger partial charge < -0.3 is 9.47 Å². The van der Waals surface area contributed by atoms with Crippen molar-refractivity contribution >= 4 is 14.1 Å². The van der Waals surface area contributed by atoms with E-state index in [1.165, 1.54) is 25.2 Å². The molecule has 108 valence electrons. The summed E-state index contributed by atoms with van der Waals surface area (Å²) >= 11 is 0. The lowest BCUT2D eigenvalue weighted by atomic mass is 9.95. The predicted molar refractivity (Wildman–Crippen MR) is 78.9 cm³/mol. The van der Waals surface area contributed by atoms with Gasteiger partial charge in [-0.1, -0.05) is 32.0 Å². The molecule has 1 saturated heterocycles. The van der Waals surface area contributed by atoms with Crippen LogP contribution >= 0.6 is 7.92 Å². The first-order chi connectivity index (χ1) is 9.78. The topological polar surface area (TPSA) is 35.5 Å². The van der Waals surface area contributed by atoms with Gasteiger partial charge in [0.15, 0.2) is 0 Å². The minimum atomic E-state index is -0.462. The third-order valence-electron chi connectivity index (χ3n) is 5.31. The quantitative estimate of drug-likeness (QED) is 0.451. The Morgan fingerprint density at radius 3 is 2.45 bits per heavy atom. The van der Waals surface area contributed by atoms with Gasteiger partial charge in [0.1, 0.15) is 0 Å². The second-order valence-corrected chi connectivity index (χ2v) is 8.84. The maximum Gasteiger partial charge on any atom is 0.508 e. The van der Waals surface area contributed by atoms with Gasteiger partial charge >= 0.3 is 6.16 Å². The zero-order valence-electron chi connectivity index (χ0n) is 11.6. The molecular weight excluding hydrogens is 271 g/mol. The van der Waals surface area contributed by atoms with Gasteiger partial charge in [-0.15, -0.1) is 0 Å². The number of fused-ring (bicyclic) bond motifs is 4. The van der Waals surface area contributed by atoms with Gasteiger partial charge in [0.05, 0.1) is 13.2 Å². The van der Waals surface area contributed by atoms with Gasteiger partial charge in [-0.2, -0.15) is 0 Å². The summed E-state index contributed by atoms with van der Waals surface area (Å²) in [5.74, 6) is 5.46. The van der Waals surface area contributed by atoms with Crippen LogP contribution in [0, 0.1) is 29.6 Å². The maximum atomic E-state index is 11.7. The maximum absolute atomic E-state index is 11.7. The molecule has 4 heteroatoms. The van der Waals surface area contributed by atoms with Crippen LogP contribution in [-0.4, -0.2) is 31.7 Å². The van der Waals surface area contributed by atoms with Crippen LogP contribution in [0.2, 0.25) is 0 Å². The van der Waals surface area contributed by atoms with Crippen molar-refractivity contribution < 1.29 is 14.3 Å². The molecule has 20 heavy (non-hydrogen) atoms. The van der Waals surface area contributed by atoms with E-state index >= 15 is 0 Å². The van der Waals surface area contributed by atoms with Crippen LogP contribution in [0.4, 0.5) is 4.79 Å². The molecule has 4 rings (SSSR count). The summed E-state index contributed by atoms with van der Waals surface area (Å²) in [5.41, 5.74) is 0. The van der Waals surface area contributed by atoms with Crippen molar-refractivity contribution in [2.24, 2.45) is 29.6 Å². The number of allylic oxidation sites excluding steroid dienone is 3. The smallest absolute Gasteiger partial charge is 0.434 e. The molecular formula is C16H21O3P. The van der Waals surface area contributed by atoms with E-state index in [0.29, 0.717) is 36.9 Å². The molecule has 2 heterocycles. The van der Waals surface area contributed by atoms with Gasteiger partial charge in [-0.25, -0.2) is 4.79 Å². The molecule has 1 saturated carbocycles. The number of carbonyl (C=O) groups excluding carboxylic acids is 1. The molecule has 4 aliphatic rings. The Labute approximate surface area is 121 Å². The molecule has 0 radical (unpaired) electrons. The van der Waals surface area contributed by atoms with E-state index in [1.807, 2.05) is 0 Å². The molecule has 3 nitrogen and oxygen atoms in total. The van der Waals surface area contributed by atoms with Gasteiger partial charge in [0.2, 0.25) is 0 Å². The van der Waals surface area contributed by atoms with Crippen LogP contribution in [0.3, 0.4) is 0 Å². The SMILES string of the molecule is O=C(OCC1CC2C=CC1C2)OCC1CP2C=CC1C2. The highest BCUT2D eigenvalue weighted by molar-refractivity contribution is 7.61. The molecule has 0 aromatic rings. The number of hydrogen-bond acceptors (Lipinski definition) is 3. The fourth-order valence-corrected chi connectivity index (χ4v) is 6.95. The van der Waals surface area contributed by atoms with Crippen molar-refractivity contribution in [2.75, 3.05) is 25.5 Å². The first-order valence-corrected chi connectivity index (χ1v) is 9.46. The number of ether oxygens (including phenoxy) is 2. The van der Waals surface area contributed by atoms with E-state index in [2.05, 4.69) is 24.0 Å². The van der Waals surface area contributed by atoms with Crippen LogP contribution in [0.25, 0.3) is 0 Å². The monoisotopic (exact) mass is 292 g/mol. The minimum absolute atomic E-state index is 0.122. The highest BCUT2D eigenvalue weighted by atomic mass is 31.1. The van der Waals surface area contributed by atoms with Gasteiger partial charge in [0, 0.05) is 11.8 Å². The number of hydrogen-bond donors (Lipinski definition) is 0. The molecule has 2 aliphatic heterocycles. The lowest BCUT2D eigenvalue weighted by Gasteiger charge is -2.19. The summed E-state index contributed by atoms with van der Waals surface area (Å²) in [5, 5.41) is 0. The molecule has 0 spiro atoms. The average molecular weight is 292 g/mol. The summed E-state index contributed by atoms with van der Waals surface area (Å²) in [6, 6.07) is 0. The second kappa shape index (κ2) is 5.18. The Balaban J connectivity index is 1.18. The first kappa shape index (κ1) is 12.9. The Hall–Kier alpha value is -0.820. The lowest BCUT2D eigenvalue weighted by Crippen LogP contribution is -2.23. The van der Waals surface area contributed by atoms with Crippen LogP contribution < -0.4 is 0 Å². The van der Waals surface area contributed by atoms with Crippen molar-refractivity contribution in [3.05, 3.63) is 24.0 Å². The van der Waals surface area contributed by atoms with E-state index in [4.69, 9.17) is 9.47 Å². The summed E-state index contributed by atoms with van der Waals surface area (Å²) < 4.78 is 10.6. The zero-order valence-corrected chi connectivity index (χ0v) is 12.5. The highest BCUT2D eigenvalue weighted by Crippen LogP contribution is 2.56. The van der Waals surface area contributed by atoms with Crippen LogP contribution in [0.5, 0.6) is 0 Å². The largest absolute Gasteiger partial charge is 0.508 e. The lowest BCUT2D eigenvalue weighted by molar-refractivity contribution is 0.0317. The van der Waals surface area contributed by atoms with Crippen molar-refractivity contribution in [2.45, 2.75) is 12.8 Å². The normalized spacial score (nSPS) is 43.4. The molecule has 0 amide bonds. The van der Waals surface area contributed by atoms with Gasteiger partial charge in [-0.3, -0.25) is 0 Å². The summed E-state index contributed by atoms with van der Waals surface area (Å²) in [6.07, 6.45) is 11.4. The Kier molecular flexibility index (Phi) is 3.34. The van der Waals surface area contributed by atoms with Crippen molar-refractivity contribution in [1.82, 2.24) is 0 Å². The third kappa shape index (κ3) is 2.41. The minimum Gasteiger partial charge on any atom is -0.434 e. The highest BCUT2D eigenvalue weighted by Gasteiger charge is 2.37. The van der Waals surface area contributed by atoms with E-state index in [0.717, 1.165) is 5.92 Å². The fraction of sp³-hybridized carbons (Fsp3) is 0.688. The van der Waals surface area contributed by atoms with Gasteiger partial charge in [0.25, 0.3) is 0 Å². The standard InChI is InChI=1S/C16H21O3P/c17-16(18-7-14-6-11-1-2-12(14)5-11)19-8-15-10-20-4-3-13(15)9-20/h1-4,11-15H,5-10H2. The van der Waals surface area contributed by atoms with E-state index in [9.17, 15) is 4.79 Å². The molecule has 6 atom stereocenters. The Morgan fingerprint density at radius 1 is 1.00 bits per heavy atom. The molecule has 6 unspecified atom stereocenters. The average Bonchev–Trinajstić information content (AvgIpc) is 3.21. The fourth-order valence-electron chi connectivity index (χ4n) is 4.16. The number of carbonyl (C=O) groups is 1. The van der Waals surface area contributed by atoms with Crippen LogP contribution in [-0.2, 0) is 9.47 Å². The summed E-state index contributed by atoms with van der Waals surface area (Å²) in [4.78, 5) is 11.7. The van der Waals surface area contributed by atoms with Crippen molar-refractivity contribution in [1.29, 1.82) is 0 Å². The van der Waals surface area contributed by atoms with Gasteiger partial charge in [-0.05, 0) is 42.9 Å². The molecule has 0 aromatic heterocycles. The Morgan fingerprint density at radius 2 is 1.85 bits per heavy atom. The molecule has 0 aromatic carbocycles. The van der Waals surface area contributed by atoms with E-state index < -0.39 is 6.16 Å². The van der Waals surface area contributed by atoms with Crippen LogP contribution in [0.15, 0.2) is 24.0 Å². The third-order valence-corrected chi connectivity index (χ3v) is 7.73. The zero-order chi connectivity index (χ0) is 13.5. The number of rotatable bonds is 4. The predicted octanol–water partition coefficient (Wildman–Crippen LogP) is 3.61.